The van der Waals surface area contributed by atoms with E-state index in [0.29, 0.717) is 66.5 Å². The van der Waals surface area contributed by atoms with Gasteiger partial charge in [-0.05, 0) is 114 Å². The maximum atomic E-state index is 14.0. The van der Waals surface area contributed by atoms with Gasteiger partial charge < -0.3 is 36.2 Å². The molecule has 9 heteroatoms. The zero-order valence-corrected chi connectivity index (χ0v) is 33.4. The van der Waals surface area contributed by atoms with E-state index in [-0.39, 0.29) is 31.3 Å². The number of nitrogens with two attached hydrogens (primary N) is 1. The van der Waals surface area contributed by atoms with Crippen LogP contribution in [0.4, 0.5) is 4.79 Å². The summed E-state index contributed by atoms with van der Waals surface area (Å²) >= 11 is 0. The fourth-order valence-corrected chi connectivity index (χ4v) is 9.49. The number of nitrogens with one attached hydrogen (secondary N) is 1. The monoisotopic (exact) mass is 766 g/mol. The molecule has 0 bridgehead atoms. The number of aliphatic hydroxyl groups is 4. The maximum absolute atomic E-state index is 14.0. The summed E-state index contributed by atoms with van der Waals surface area (Å²) in [5, 5.41) is 47.6. The van der Waals surface area contributed by atoms with Gasteiger partial charge in [-0.3, -0.25) is 4.79 Å². The number of aryl methyl sites for hydroxylation is 1. The van der Waals surface area contributed by atoms with Crippen LogP contribution < -0.4 is 15.8 Å². The summed E-state index contributed by atoms with van der Waals surface area (Å²) in [6, 6.07) is 15.8. The molecule has 0 aromatic heterocycles. The molecule has 6 unspecified atom stereocenters. The number of carbonyl (C=O) groups is 2. The predicted octanol–water partition coefficient (Wildman–Crippen LogP) is 7.65. The van der Waals surface area contributed by atoms with Crippen LogP contribution in [0.25, 0.3) is 0 Å². The Kier molecular flexibility index (Phi) is 14.9. The first-order valence-electron chi connectivity index (χ1n) is 20.3. The molecule has 0 saturated heterocycles. The molecule has 7 N–H and O–H groups in total. The number of benzene rings is 2. The van der Waals surface area contributed by atoms with E-state index in [1.807, 2.05) is 24.3 Å². The molecule has 1 amide bonds. The minimum absolute atomic E-state index is 0.0144. The highest BCUT2D eigenvalue weighted by Crippen LogP contribution is 2.63. The van der Waals surface area contributed by atoms with Crippen LogP contribution in [-0.4, -0.2) is 57.2 Å². The highest BCUT2D eigenvalue weighted by Gasteiger charge is 2.64. The number of hydrogen-bond acceptors (Lipinski definition) is 8. The minimum atomic E-state index is -1.26. The standard InChI is InChI=1S/C47H62N2O7/c1-31(15-9-19-34-17-6-5-7-18-34)13-8-14-32(2)16-10-21-36(30-51)38-25-27-47(43(38)53)40(23-12-28-50)37(24-26-46(47,4)55)33(3)41(52)29-35-20-11-22-39-42(35)56-45(54)49-44(39)48/h5-7,10-11,13,16-18,20-22,38,40,43-44,50-51,53,55H,2,8-9,12,14-15,19,23-30,48H2,1,3-4H3,(H,49,54). The van der Waals surface area contributed by atoms with Crippen LogP contribution in [0.3, 0.4) is 0 Å². The molecule has 5 rings (SSSR count). The first-order chi connectivity index (χ1) is 26.8. The lowest BCUT2D eigenvalue weighted by Crippen LogP contribution is -2.59. The molecule has 0 radical (unpaired) electrons. The number of fused-ring (bicyclic) bond motifs is 1. The molecule has 302 valence electrons. The number of para-hydroxylation sites is 1. The van der Waals surface area contributed by atoms with Crippen LogP contribution in [0, 0.1) is 17.3 Å². The van der Waals surface area contributed by atoms with E-state index < -0.39 is 35.3 Å². The summed E-state index contributed by atoms with van der Waals surface area (Å²) < 4.78 is 5.46. The number of aliphatic hydroxyl groups excluding tert-OH is 3. The molecular weight excluding hydrogens is 705 g/mol. The van der Waals surface area contributed by atoms with E-state index in [9.17, 15) is 30.0 Å². The van der Waals surface area contributed by atoms with Gasteiger partial charge in [-0.15, -0.1) is 0 Å². The lowest BCUT2D eigenvalue weighted by atomic mass is 9.52. The molecule has 2 saturated carbocycles. The molecular formula is C47H62N2O7. The highest BCUT2D eigenvalue weighted by molar-refractivity contribution is 5.97. The number of ether oxygens (including phenoxy) is 1. The van der Waals surface area contributed by atoms with Crippen molar-refractivity contribution in [1.29, 1.82) is 0 Å². The summed E-state index contributed by atoms with van der Waals surface area (Å²) in [4.78, 5) is 26.2. The van der Waals surface area contributed by atoms with E-state index in [2.05, 4.69) is 49.2 Å². The van der Waals surface area contributed by atoms with Gasteiger partial charge in [0.2, 0.25) is 0 Å². The molecule has 56 heavy (non-hydrogen) atoms. The van der Waals surface area contributed by atoms with Crippen LogP contribution in [0.1, 0.15) is 108 Å². The van der Waals surface area contributed by atoms with Gasteiger partial charge in [-0.2, -0.15) is 0 Å². The second-order valence-electron chi connectivity index (χ2n) is 16.3. The Labute approximate surface area is 332 Å². The second kappa shape index (κ2) is 19.4. The van der Waals surface area contributed by atoms with Gasteiger partial charge in [-0.1, -0.05) is 96.1 Å². The molecule has 2 aromatic carbocycles. The molecule has 1 heterocycles. The van der Waals surface area contributed by atoms with Crippen molar-refractivity contribution in [2.24, 2.45) is 23.0 Å². The third kappa shape index (κ3) is 9.69. The Morgan fingerprint density at radius 1 is 1.07 bits per heavy atom. The second-order valence-corrected chi connectivity index (χ2v) is 16.3. The molecule has 9 nitrogen and oxygen atoms in total. The lowest BCUT2D eigenvalue weighted by molar-refractivity contribution is -0.167. The number of amides is 1. The van der Waals surface area contributed by atoms with Crippen molar-refractivity contribution in [1.82, 2.24) is 5.32 Å². The van der Waals surface area contributed by atoms with Crippen LogP contribution in [0.2, 0.25) is 0 Å². The fraction of sp³-hybridized carbons (Fsp3) is 0.489. The zero-order chi connectivity index (χ0) is 40.5. The predicted molar refractivity (Wildman–Crippen MR) is 221 cm³/mol. The van der Waals surface area contributed by atoms with Crippen molar-refractivity contribution in [3.8, 4) is 5.75 Å². The summed E-state index contributed by atoms with van der Waals surface area (Å²) in [6.07, 6.45) is 13.3. The van der Waals surface area contributed by atoms with Gasteiger partial charge in [0.15, 0.2) is 5.78 Å². The number of Topliss-reactive ketones (excluding diaryl/α,β-unsaturated/α-hetero) is 1. The molecule has 2 aliphatic carbocycles. The number of rotatable bonds is 17. The normalized spacial score (nSPS) is 27.6. The van der Waals surface area contributed by atoms with Crippen LogP contribution in [-0.2, 0) is 17.6 Å². The summed E-state index contributed by atoms with van der Waals surface area (Å²) in [5.41, 5.74) is 10.8. The number of allylic oxidation sites excluding steroid dienone is 8. The average molecular weight is 767 g/mol. The first-order valence-corrected chi connectivity index (χ1v) is 20.3. The zero-order valence-electron chi connectivity index (χ0n) is 33.4. The van der Waals surface area contributed by atoms with Crippen molar-refractivity contribution < 1.29 is 34.8 Å². The molecule has 2 fully saturated rings. The van der Waals surface area contributed by atoms with E-state index in [4.69, 9.17) is 10.5 Å². The summed E-state index contributed by atoms with van der Waals surface area (Å²) in [7, 11) is 0. The molecule has 2 aromatic rings. The Morgan fingerprint density at radius 2 is 1.84 bits per heavy atom. The topological polar surface area (TPSA) is 162 Å². The van der Waals surface area contributed by atoms with E-state index in [1.165, 1.54) is 11.1 Å². The average Bonchev–Trinajstić information content (AvgIpc) is 3.51. The Balaban J connectivity index is 1.29. The van der Waals surface area contributed by atoms with E-state index in [1.54, 1.807) is 32.0 Å². The van der Waals surface area contributed by atoms with Crippen molar-refractivity contribution in [2.75, 3.05) is 13.2 Å². The lowest BCUT2D eigenvalue weighted by Gasteiger charge is -2.55. The molecule has 1 aliphatic heterocycles. The Hall–Kier alpha value is -4.12. The Bertz CT molecular complexity index is 1840. The minimum Gasteiger partial charge on any atom is -0.410 e. The number of carbonyl (C=O) groups excluding carboxylic acids is 2. The smallest absolute Gasteiger partial charge is 0.410 e. The Morgan fingerprint density at radius 3 is 2.57 bits per heavy atom. The van der Waals surface area contributed by atoms with Gasteiger partial charge in [0.05, 0.1) is 18.3 Å². The van der Waals surface area contributed by atoms with E-state index in [0.717, 1.165) is 43.3 Å². The molecule has 6 atom stereocenters. The number of hydrogen-bond donors (Lipinski definition) is 6. The summed E-state index contributed by atoms with van der Waals surface area (Å²) in [5.74, 6) is -0.642. The van der Waals surface area contributed by atoms with Crippen molar-refractivity contribution in [3.63, 3.8) is 0 Å². The summed E-state index contributed by atoms with van der Waals surface area (Å²) in [6.45, 7) is 9.69. The van der Waals surface area contributed by atoms with Gasteiger partial charge in [-0.25, -0.2) is 4.79 Å². The van der Waals surface area contributed by atoms with Crippen molar-refractivity contribution in [2.45, 2.75) is 116 Å². The van der Waals surface area contributed by atoms with Gasteiger partial charge >= 0.3 is 6.09 Å². The van der Waals surface area contributed by atoms with Gasteiger partial charge in [0.1, 0.15) is 11.9 Å². The highest BCUT2D eigenvalue weighted by atomic mass is 16.6. The third-order valence-electron chi connectivity index (χ3n) is 12.7. The van der Waals surface area contributed by atoms with Gasteiger partial charge in [0.25, 0.3) is 0 Å². The maximum Gasteiger partial charge on any atom is 0.414 e. The van der Waals surface area contributed by atoms with Crippen LogP contribution in [0.5, 0.6) is 5.75 Å². The van der Waals surface area contributed by atoms with Crippen LogP contribution in [0.15, 0.2) is 107 Å². The van der Waals surface area contributed by atoms with Gasteiger partial charge in [0, 0.05) is 35.5 Å². The molecule has 1 spiro atoms. The van der Waals surface area contributed by atoms with E-state index >= 15 is 0 Å². The largest absolute Gasteiger partial charge is 0.414 e. The molecule has 3 aliphatic rings. The quantitative estimate of drug-likeness (QED) is 0.0544. The third-order valence-corrected chi connectivity index (χ3v) is 12.7. The first kappa shape index (κ1) is 43.0. The van der Waals surface area contributed by atoms with Crippen molar-refractivity contribution in [3.05, 3.63) is 124 Å². The van der Waals surface area contributed by atoms with Crippen LogP contribution >= 0.6 is 0 Å². The van der Waals surface area contributed by atoms with Crippen molar-refractivity contribution >= 4 is 11.9 Å². The SMILES string of the molecule is C=C(C=CC=C(CO)C1CCC2(C(CCCO)C(=C(C)C(=O)Cc3cccc4c3OC(=O)NC4N)CCC2(C)O)C1O)CCC=C(C)CCCc1ccccc1. The fourth-order valence-electron chi connectivity index (χ4n) is 9.49. The number of ketones is 1.